The molecule has 1 heterocycles. The minimum absolute atomic E-state index is 0.0722. The summed E-state index contributed by atoms with van der Waals surface area (Å²) in [5.74, 6) is -0.747. The number of pyridine rings is 1. The molecule has 1 aromatic rings. The maximum atomic E-state index is 11.6. The third-order valence-electron chi connectivity index (χ3n) is 1.92. The number of hydrogen-bond acceptors (Lipinski definition) is 5. The maximum absolute atomic E-state index is 11.6. The first-order chi connectivity index (χ1) is 7.69. The van der Waals surface area contributed by atoms with E-state index in [0.717, 1.165) is 0 Å². The Morgan fingerprint density at radius 3 is 3.00 bits per heavy atom. The predicted molar refractivity (Wildman–Crippen MR) is 56.1 cm³/mol. The smallest absolute Gasteiger partial charge is 0.274 e. The molecule has 6 nitrogen and oxygen atoms in total. The Kier molecular flexibility index (Phi) is 4.68. The lowest BCUT2D eigenvalue weighted by Crippen LogP contribution is -2.40. The van der Waals surface area contributed by atoms with Crippen LogP contribution in [-0.4, -0.2) is 47.5 Å². The normalized spacial score (nSPS) is 12.1. The molecule has 0 spiro atoms. The molecule has 0 bridgehead atoms. The summed E-state index contributed by atoms with van der Waals surface area (Å²) >= 11 is 0. The van der Waals surface area contributed by atoms with Gasteiger partial charge in [-0.2, -0.15) is 0 Å². The Bertz CT molecular complexity index is 356. The van der Waals surface area contributed by atoms with Gasteiger partial charge in [-0.1, -0.05) is 0 Å². The fourth-order valence-corrected chi connectivity index (χ4v) is 1.17. The fraction of sp³-hybridized carbons (Fsp3) is 0.400. The highest BCUT2D eigenvalue weighted by Gasteiger charge is 2.16. The van der Waals surface area contributed by atoms with Crippen molar-refractivity contribution >= 4 is 5.91 Å². The molecule has 1 rings (SSSR count). The van der Waals surface area contributed by atoms with E-state index in [0.29, 0.717) is 0 Å². The molecule has 0 aliphatic rings. The van der Waals surface area contributed by atoms with Crippen molar-refractivity contribution in [1.29, 1.82) is 0 Å². The van der Waals surface area contributed by atoms with Crippen LogP contribution < -0.4 is 5.32 Å². The van der Waals surface area contributed by atoms with E-state index in [1.54, 1.807) is 0 Å². The van der Waals surface area contributed by atoms with Crippen LogP contribution in [0.15, 0.2) is 18.3 Å². The van der Waals surface area contributed by atoms with Crippen LogP contribution in [0.3, 0.4) is 0 Å². The molecule has 16 heavy (non-hydrogen) atoms. The van der Waals surface area contributed by atoms with Crippen molar-refractivity contribution in [2.75, 3.05) is 20.3 Å². The molecule has 0 saturated heterocycles. The van der Waals surface area contributed by atoms with E-state index >= 15 is 0 Å². The van der Waals surface area contributed by atoms with Crippen molar-refractivity contribution in [3.05, 3.63) is 24.0 Å². The molecule has 0 aliphatic heterocycles. The molecule has 1 amide bonds. The van der Waals surface area contributed by atoms with Crippen LogP contribution >= 0.6 is 0 Å². The highest BCUT2D eigenvalue weighted by molar-refractivity contribution is 5.94. The van der Waals surface area contributed by atoms with E-state index in [1.807, 2.05) is 0 Å². The number of aromatic hydroxyl groups is 1. The lowest BCUT2D eigenvalue weighted by Gasteiger charge is -2.14. The van der Waals surface area contributed by atoms with E-state index in [-0.39, 0.29) is 24.7 Å². The van der Waals surface area contributed by atoms with Crippen molar-refractivity contribution in [3.8, 4) is 5.75 Å². The number of nitrogens with one attached hydrogen (secondary N) is 1. The van der Waals surface area contributed by atoms with Crippen molar-refractivity contribution in [1.82, 2.24) is 10.3 Å². The molecule has 0 fully saturated rings. The summed E-state index contributed by atoms with van der Waals surface area (Å²) in [6.07, 6.45) is 1.40. The Balaban J connectivity index is 2.68. The third-order valence-corrected chi connectivity index (χ3v) is 1.92. The number of nitrogens with zero attached hydrogens (tertiary/aromatic N) is 1. The van der Waals surface area contributed by atoms with Crippen LogP contribution in [0.25, 0.3) is 0 Å². The average Bonchev–Trinajstić information content (AvgIpc) is 2.28. The summed E-state index contributed by atoms with van der Waals surface area (Å²) in [6.45, 7) is -0.0526. The van der Waals surface area contributed by atoms with Gasteiger partial charge < -0.3 is 20.3 Å². The van der Waals surface area contributed by atoms with Gasteiger partial charge in [-0.25, -0.2) is 4.98 Å². The van der Waals surface area contributed by atoms with Crippen LogP contribution in [0.1, 0.15) is 10.5 Å². The summed E-state index contributed by atoms with van der Waals surface area (Å²) in [4.78, 5) is 15.4. The molecule has 0 radical (unpaired) electrons. The van der Waals surface area contributed by atoms with Gasteiger partial charge in [-0.05, 0) is 12.1 Å². The van der Waals surface area contributed by atoms with Crippen molar-refractivity contribution < 1.29 is 19.7 Å². The van der Waals surface area contributed by atoms with Gasteiger partial charge in [0, 0.05) is 13.3 Å². The van der Waals surface area contributed by atoms with E-state index in [9.17, 15) is 9.90 Å². The van der Waals surface area contributed by atoms with Gasteiger partial charge in [-0.15, -0.1) is 0 Å². The Hall–Kier alpha value is -1.66. The van der Waals surface area contributed by atoms with Crippen LogP contribution in [-0.2, 0) is 4.74 Å². The molecule has 0 aliphatic carbocycles. The molecule has 6 heteroatoms. The summed E-state index contributed by atoms with van der Waals surface area (Å²) in [5, 5.41) is 20.8. The molecule has 88 valence electrons. The summed E-state index contributed by atoms with van der Waals surface area (Å²) in [5.41, 5.74) is -0.0722. The van der Waals surface area contributed by atoms with Gasteiger partial charge in [-0.3, -0.25) is 4.79 Å². The standard InChI is InChI=1S/C10H14N2O4/c1-16-6-7(5-13)12-10(15)9-8(14)3-2-4-11-9/h2-4,7,13-14H,5-6H2,1H3,(H,12,15). The second-order valence-corrected chi connectivity index (χ2v) is 3.18. The minimum atomic E-state index is -0.547. The number of aliphatic hydroxyl groups is 1. The number of methoxy groups -OCH3 is 1. The molecular formula is C10H14N2O4. The topological polar surface area (TPSA) is 91.7 Å². The first-order valence-corrected chi connectivity index (χ1v) is 4.73. The molecule has 0 saturated carbocycles. The number of aromatic nitrogens is 1. The fourth-order valence-electron chi connectivity index (χ4n) is 1.17. The van der Waals surface area contributed by atoms with E-state index in [2.05, 4.69) is 10.3 Å². The second-order valence-electron chi connectivity index (χ2n) is 3.18. The highest BCUT2D eigenvalue weighted by atomic mass is 16.5. The predicted octanol–water partition coefficient (Wildman–Crippen LogP) is -0.476. The molecule has 0 aromatic carbocycles. The summed E-state index contributed by atoms with van der Waals surface area (Å²) < 4.78 is 4.80. The van der Waals surface area contributed by atoms with Crippen molar-refractivity contribution in [3.63, 3.8) is 0 Å². The molecule has 1 aromatic heterocycles. The lowest BCUT2D eigenvalue weighted by atomic mass is 10.2. The zero-order chi connectivity index (χ0) is 12.0. The lowest BCUT2D eigenvalue weighted by molar-refractivity contribution is 0.0832. The zero-order valence-electron chi connectivity index (χ0n) is 8.88. The van der Waals surface area contributed by atoms with Crippen LogP contribution in [0, 0.1) is 0 Å². The van der Waals surface area contributed by atoms with Gasteiger partial charge in [0.25, 0.3) is 5.91 Å². The van der Waals surface area contributed by atoms with Gasteiger partial charge in [0.1, 0.15) is 5.75 Å². The third kappa shape index (κ3) is 3.18. The summed E-state index contributed by atoms with van der Waals surface area (Å²) in [6, 6.07) is 2.37. The van der Waals surface area contributed by atoms with Gasteiger partial charge >= 0.3 is 0 Å². The summed E-state index contributed by atoms with van der Waals surface area (Å²) in [7, 11) is 1.47. The van der Waals surface area contributed by atoms with Crippen molar-refractivity contribution in [2.24, 2.45) is 0 Å². The monoisotopic (exact) mass is 226 g/mol. The maximum Gasteiger partial charge on any atom is 0.274 e. The van der Waals surface area contributed by atoms with Crippen LogP contribution in [0.5, 0.6) is 5.75 Å². The van der Waals surface area contributed by atoms with E-state index in [1.165, 1.54) is 25.4 Å². The largest absolute Gasteiger partial charge is 0.505 e. The quantitative estimate of drug-likeness (QED) is 0.631. The van der Waals surface area contributed by atoms with Crippen LogP contribution in [0.4, 0.5) is 0 Å². The Labute approximate surface area is 92.9 Å². The van der Waals surface area contributed by atoms with Crippen LogP contribution in [0.2, 0.25) is 0 Å². The average molecular weight is 226 g/mol. The number of carbonyl (C=O) groups excluding carboxylic acids is 1. The number of ether oxygens (including phenoxy) is 1. The second kappa shape index (κ2) is 6.04. The Morgan fingerprint density at radius 2 is 2.44 bits per heavy atom. The minimum Gasteiger partial charge on any atom is -0.505 e. The molecular weight excluding hydrogens is 212 g/mol. The molecule has 1 atom stereocenters. The van der Waals surface area contributed by atoms with Gasteiger partial charge in [0.2, 0.25) is 0 Å². The molecule has 3 N–H and O–H groups in total. The number of hydrogen-bond donors (Lipinski definition) is 3. The van der Waals surface area contributed by atoms with Gasteiger partial charge in [0.15, 0.2) is 5.69 Å². The molecule has 1 unspecified atom stereocenters. The Morgan fingerprint density at radius 1 is 1.69 bits per heavy atom. The number of amides is 1. The number of carbonyl (C=O) groups is 1. The first-order valence-electron chi connectivity index (χ1n) is 4.73. The SMILES string of the molecule is COCC(CO)NC(=O)c1ncccc1O. The van der Waals surface area contributed by atoms with Crippen molar-refractivity contribution in [2.45, 2.75) is 6.04 Å². The number of aliphatic hydroxyl groups excluding tert-OH is 1. The zero-order valence-corrected chi connectivity index (χ0v) is 8.88. The number of rotatable bonds is 5. The van der Waals surface area contributed by atoms with E-state index in [4.69, 9.17) is 9.84 Å². The van der Waals surface area contributed by atoms with Gasteiger partial charge in [0.05, 0.1) is 19.3 Å². The first kappa shape index (κ1) is 12.4. The van der Waals surface area contributed by atoms with E-state index < -0.39 is 11.9 Å². The highest BCUT2D eigenvalue weighted by Crippen LogP contribution is 2.12.